The molecule has 0 saturated carbocycles. The monoisotopic (exact) mass is 447 g/mol. The van der Waals surface area contributed by atoms with Crippen molar-refractivity contribution in [1.82, 2.24) is 4.57 Å². The SMILES string of the molecule is CCS(c1ccccc1)(c1ccccc1)c1ccc(-n2ccc3c4ccccc4oc32)cc1. The molecule has 0 radical (unpaired) electrons. The molecule has 0 unspecified atom stereocenters. The summed E-state index contributed by atoms with van der Waals surface area (Å²) in [6, 6.07) is 41.4. The van der Waals surface area contributed by atoms with Crippen molar-refractivity contribution in [3.8, 4) is 5.69 Å². The highest BCUT2D eigenvalue weighted by atomic mass is 32.3. The average Bonchev–Trinajstić information content (AvgIpc) is 3.46. The summed E-state index contributed by atoms with van der Waals surface area (Å²) >= 11 is 0. The standard InChI is InChI=1S/C30H25NOS/c1-2-33(24-11-5-3-6-12-24,25-13-7-4-8-14-25)26-19-17-23(18-20-26)31-22-21-28-27-15-9-10-16-29(27)32-30(28)31/h3-22H,2H2,1H3. The molecule has 6 rings (SSSR count). The number of nitrogens with zero attached hydrogens (tertiary/aromatic N) is 1. The van der Waals surface area contributed by atoms with Gasteiger partial charge in [-0.15, -0.1) is 0 Å². The van der Waals surface area contributed by atoms with Crippen molar-refractivity contribution in [3.63, 3.8) is 0 Å². The van der Waals surface area contributed by atoms with Crippen LogP contribution < -0.4 is 0 Å². The minimum atomic E-state index is -1.35. The van der Waals surface area contributed by atoms with Crippen LogP contribution in [0.15, 0.2) is 141 Å². The Morgan fingerprint density at radius 2 is 1.18 bits per heavy atom. The molecule has 0 aliphatic rings. The molecule has 3 heteroatoms. The summed E-state index contributed by atoms with van der Waals surface area (Å²) in [5.41, 5.74) is 2.93. The number of para-hydroxylation sites is 1. The van der Waals surface area contributed by atoms with Crippen molar-refractivity contribution in [2.24, 2.45) is 0 Å². The highest BCUT2D eigenvalue weighted by Gasteiger charge is 2.29. The average molecular weight is 448 g/mol. The Balaban J connectivity index is 1.49. The van der Waals surface area contributed by atoms with Gasteiger partial charge < -0.3 is 4.42 Å². The Morgan fingerprint density at radius 1 is 0.606 bits per heavy atom. The quantitative estimate of drug-likeness (QED) is 0.258. The van der Waals surface area contributed by atoms with Gasteiger partial charge in [0, 0.05) is 22.7 Å². The van der Waals surface area contributed by atoms with Crippen molar-refractivity contribution in [3.05, 3.63) is 121 Å². The zero-order valence-corrected chi connectivity index (χ0v) is 19.3. The van der Waals surface area contributed by atoms with Crippen LogP contribution in [0.1, 0.15) is 6.92 Å². The van der Waals surface area contributed by atoms with Gasteiger partial charge >= 0.3 is 0 Å². The third-order valence-electron chi connectivity index (χ3n) is 6.46. The van der Waals surface area contributed by atoms with E-state index in [9.17, 15) is 0 Å². The van der Waals surface area contributed by atoms with Gasteiger partial charge in [-0.3, -0.25) is 4.57 Å². The van der Waals surface area contributed by atoms with Gasteiger partial charge in [0.2, 0.25) is 5.71 Å². The number of furan rings is 1. The van der Waals surface area contributed by atoms with Crippen molar-refractivity contribution in [2.45, 2.75) is 21.6 Å². The highest BCUT2D eigenvalue weighted by Crippen LogP contribution is 2.67. The van der Waals surface area contributed by atoms with Gasteiger partial charge in [0.15, 0.2) is 0 Å². The fourth-order valence-corrected chi connectivity index (χ4v) is 8.53. The molecular weight excluding hydrogens is 422 g/mol. The molecule has 0 amide bonds. The van der Waals surface area contributed by atoms with Crippen LogP contribution >= 0.6 is 10.0 Å². The van der Waals surface area contributed by atoms with E-state index in [1.165, 1.54) is 14.7 Å². The van der Waals surface area contributed by atoms with Gasteiger partial charge in [-0.25, -0.2) is 0 Å². The number of hydrogen-bond donors (Lipinski definition) is 0. The van der Waals surface area contributed by atoms with Gasteiger partial charge in [-0.2, -0.15) is 10.0 Å². The van der Waals surface area contributed by atoms with Crippen LogP contribution in [0.4, 0.5) is 0 Å². The molecule has 162 valence electrons. The highest BCUT2D eigenvalue weighted by molar-refractivity contribution is 8.33. The van der Waals surface area contributed by atoms with Crippen LogP contribution in [0.5, 0.6) is 0 Å². The Morgan fingerprint density at radius 3 is 1.82 bits per heavy atom. The molecule has 0 aliphatic heterocycles. The molecule has 0 saturated heterocycles. The molecule has 2 aromatic heterocycles. The molecule has 0 atom stereocenters. The topological polar surface area (TPSA) is 18.1 Å². The first-order chi connectivity index (χ1) is 16.3. The van der Waals surface area contributed by atoms with Gasteiger partial charge in [-0.1, -0.05) is 61.5 Å². The largest absolute Gasteiger partial charge is 0.439 e. The van der Waals surface area contributed by atoms with Crippen molar-refractivity contribution < 1.29 is 4.42 Å². The summed E-state index contributed by atoms with van der Waals surface area (Å²) in [4.78, 5) is 4.17. The first-order valence-corrected chi connectivity index (χ1v) is 13.1. The number of fused-ring (bicyclic) bond motifs is 3. The van der Waals surface area contributed by atoms with Gasteiger partial charge in [0.05, 0.1) is 0 Å². The number of hydrogen-bond acceptors (Lipinski definition) is 1. The third-order valence-corrected chi connectivity index (χ3v) is 10.6. The molecule has 4 aromatic carbocycles. The van der Waals surface area contributed by atoms with Crippen LogP contribution in [0, 0.1) is 0 Å². The third kappa shape index (κ3) is 3.12. The predicted molar refractivity (Wildman–Crippen MR) is 139 cm³/mol. The van der Waals surface area contributed by atoms with Crippen molar-refractivity contribution >= 4 is 32.1 Å². The summed E-state index contributed by atoms with van der Waals surface area (Å²) < 4.78 is 8.35. The zero-order valence-electron chi connectivity index (χ0n) is 18.5. The molecule has 0 aliphatic carbocycles. The van der Waals surface area contributed by atoms with Gasteiger partial charge in [0.1, 0.15) is 5.58 Å². The summed E-state index contributed by atoms with van der Waals surface area (Å²) in [5.74, 6) is 1.05. The minimum Gasteiger partial charge on any atom is -0.439 e. The van der Waals surface area contributed by atoms with E-state index in [-0.39, 0.29) is 0 Å². The molecule has 0 fully saturated rings. The Labute approximate surface area is 195 Å². The lowest BCUT2D eigenvalue weighted by Gasteiger charge is -2.40. The van der Waals surface area contributed by atoms with E-state index < -0.39 is 10.0 Å². The summed E-state index contributed by atoms with van der Waals surface area (Å²) in [6.07, 6.45) is 2.10. The van der Waals surface area contributed by atoms with E-state index in [1.54, 1.807) is 0 Å². The number of rotatable bonds is 5. The van der Waals surface area contributed by atoms with Crippen LogP contribution in [0.25, 0.3) is 27.8 Å². The Hall–Kier alpha value is -3.69. The second-order valence-corrected chi connectivity index (χ2v) is 11.6. The lowest BCUT2D eigenvalue weighted by Crippen LogP contribution is -2.06. The molecule has 2 heterocycles. The molecule has 0 spiro atoms. The van der Waals surface area contributed by atoms with E-state index in [0.29, 0.717) is 0 Å². The van der Waals surface area contributed by atoms with Crippen molar-refractivity contribution in [1.29, 1.82) is 0 Å². The maximum atomic E-state index is 6.20. The van der Waals surface area contributed by atoms with E-state index in [4.69, 9.17) is 4.42 Å². The smallest absolute Gasteiger partial charge is 0.212 e. The second kappa shape index (κ2) is 8.02. The number of benzene rings is 4. The molecule has 33 heavy (non-hydrogen) atoms. The predicted octanol–water partition coefficient (Wildman–Crippen LogP) is 8.68. The van der Waals surface area contributed by atoms with Gasteiger partial charge in [-0.05, 0) is 81.1 Å². The van der Waals surface area contributed by atoms with E-state index in [1.807, 2.05) is 12.1 Å². The van der Waals surface area contributed by atoms with E-state index in [2.05, 4.69) is 121 Å². The molecule has 6 aromatic rings. The molecule has 0 N–H and O–H groups in total. The van der Waals surface area contributed by atoms with Crippen LogP contribution in [0.2, 0.25) is 0 Å². The zero-order chi connectivity index (χ0) is 22.3. The summed E-state index contributed by atoms with van der Waals surface area (Å²) in [5, 5.41) is 2.31. The maximum Gasteiger partial charge on any atom is 0.212 e. The summed E-state index contributed by atoms with van der Waals surface area (Å²) in [6.45, 7) is 2.31. The Bertz CT molecular complexity index is 1490. The minimum absolute atomic E-state index is 0.893. The van der Waals surface area contributed by atoms with Crippen LogP contribution in [-0.2, 0) is 0 Å². The second-order valence-electron chi connectivity index (χ2n) is 8.15. The fourth-order valence-electron chi connectivity index (χ4n) is 4.87. The Kier molecular flexibility index (Phi) is 4.85. The van der Waals surface area contributed by atoms with Crippen LogP contribution in [0.3, 0.4) is 0 Å². The lowest BCUT2D eigenvalue weighted by molar-refractivity contribution is 0.643. The maximum absolute atomic E-state index is 6.20. The molecular formula is C30H25NOS. The molecule has 2 nitrogen and oxygen atoms in total. The number of aromatic nitrogens is 1. The first kappa shape index (κ1) is 20.0. The first-order valence-electron chi connectivity index (χ1n) is 11.3. The fraction of sp³-hybridized carbons (Fsp3) is 0.0667. The normalized spacial score (nSPS) is 12.4. The van der Waals surface area contributed by atoms with E-state index >= 15 is 0 Å². The van der Waals surface area contributed by atoms with Crippen LogP contribution in [-0.4, -0.2) is 10.3 Å². The summed E-state index contributed by atoms with van der Waals surface area (Å²) in [7, 11) is -1.35. The lowest BCUT2D eigenvalue weighted by atomic mass is 10.2. The van der Waals surface area contributed by atoms with E-state index in [0.717, 1.165) is 33.5 Å². The van der Waals surface area contributed by atoms with Crippen molar-refractivity contribution in [2.75, 3.05) is 5.75 Å². The van der Waals surface area contributed by atoms with Gasteiger partial charge in [0.25, 0.3) is 0 Å². The molecule has 0 bridgehead atoms.